The lowest BCUT2D eigenvalue weighted by molar-refractivity contribution is -0.143. The Labute approximate surface area is 152 Å². The molecular weight excluding hydrogens is 354 g/mol. The van der Waals surface area contributed by atoms with Crippen LogP contribution in [0.2, 0.25) is 0 Å². The second-order valence-electron chi connectivity index (χ2n) is 5.89. The van der Waals surface area contributed by atoms with E-state index in [0.29, 0.717) is 22.3 Å². The first kappa shape index (κ1) is 16.3. The minimum Gasteiger partial charge on any atom is -0.497 e. The summed E-state index contributed by atoms with van der Waals surface area (Å²) in [5.41, 5.74) is -0.422. The van der Waals surface area contributed by atoms with Gasteiger partial charge in [-0.15, -0.1) is 0 Å². The molecule has 0 saturated carbocycles. The number of amides is 2. The van der Waals surface area contributed by atoms with E-state index in [-0.39, 0.29) is 0 Å². The van der Waals surface area contributed by atoms with Crippen LogP contribution in [0.3, 0.4) is 0 Å². The SMILES string of the molecule is COc1ccc2nc(NC(=O)C3(C)Oc4ccccc4NC3=O)sc2c1. The maximum atomic E-state index is 12.8. The summed E-state index contributed by atoms with van der Waals surface area (Å²) in [6, 6.07) is 12.4. The maximum absolute atomic E-state index is 12.8. The van der Waals surface area contributed by atoms with Gasteiger partial charge in [0.15, 0.2) is 5.13 Å². The molecule has 26 heavy (non-hydrogen) atoms. The van der Waals surface area contributed by atoms with Gasteiger partial charge in [-0.1, -0.05) is 23.5 Å². The smallest absolute Gasteiger partial charge is 0.280 e. The van der Waals surface area contributed by atoms with Crippen LogP contribution < -0.4 is 20.1 Å². The molecule has 1 aliphatic rings. The molecule has 132 valence electrons. The molecule has 0 fully saturated rings. The van der Waals surface area contributed by atoms with Gasteiger partial charge in [-0.2, -0.15) is 0 Å². The summed E-state index contributed by atoms with van der Waals surface area (Å²) in [5.74, 6) is 0.0309. The first-order chi connectivity index (χ1) is 12.5. The number of fused-ring (bicyclic) bond motifs is 2. The maximum Gasteiger partial charge on any atom is 0.280 e. The molecule has 0 spiro atoms. The van der Waals surface area contributed by atoms with Gasteiger partial charge in [-0.25, -0.2) is 4.98 Å². The number of rotatable bonds is 3. The summed E-state index contributed by atoms with van der Waals surface area (Å²) in [6.07, 6.45) is 0. The van der Waals surface area contributed by atoms with Gasteiger partial charge in [0, 0.05) is 0 Å². The van der Waals surface area contributed by atoms with E-state index in [1.807, 2.05) is 12.1 Å². The lowest BCUT2D eigenvalue weighted by atomic mass is 10.0. The molecule has 3 aromatic rings. The Morgan fingerprint density at radius 2 is 2.12 bits per heavy atom. The lowest BCUT2D eigenvalue weighted by Crippen LogP contribution is -2.56. The van der Waals surface area contributed by atoms with Crippen LogP contribution in [0.5, 0.6) is 11.5 Å². The third kappa shape index (κ3) is 2.64. The number of ether oxygens (including phenoxy) is 2. The van der Waals surface area contributed by atoms with Crippen molar-refractivity contribution in [2.75, 3.05) is 17.7 Å². The number of benzene rings is 2. The first-order valence-electron chi connectivity index (χ1n) is 7.85. The number of aromatic nitrogens is 1. The number of carbonyl (C=O) groups excluding carboxylic acids is 2. The predicted molar refractivity (Wildman–Crippen MR) is 98.9 cm³/mol. The van der Waals surface area contributed by atoms with Crippen LogP contribution in [-0.4, -0.2) is 29.5 Å². The zero-order valence-electron chi connectivity index (χ0n) is 14.0. The molecule has 2 amide bonds. The highest BCUT2D eigenvalue weighted by atomic mass is 32.1. The summed E-state index contributed by atoms with van der Waals surface area (Å²) < 4.78 is 11.8. The molecule has 1 atom stereocenters. The number of thiazole rings is 1. The second-order valence-corrected chi connectivity index (χ2v) is 6.92. The number of para-hydroxylation sites is 2. The van der Waals surface area contributed by atoms with Crippen LogP contribution >= 0.6 is 11.3 Å². The van der Waals surface area contributed by atoms with E-state index in [1.54, 1.807) is 37.4 Å². The minimum atomic E-state index is -1.69. The van der Waals surface area contributed by atoms with Crippen molar-refractivity contribution < 1.29 is 19.1 Å². The topological polar surface area (TPSA) is 89.6 Å². The van der Waals surface area contributed by atoms with Crippen LogP contribution in [0, 0.1) is 0 Å². The summed E-state index contributed by atoms with van der Waals surface area (Å²) in [4.78, 5) is 29.6. The molecule has 0 saturated heterocycles. The quantitative estimate of drug-likeness (QED) is 0.693. The number of anilines is 2. The predicted octanol–water partition coefficient (Wildman–Crippen LogP) is 3.03. The minimum absolute atomic E-state index is 0.384. The largest absolute Gasteiger partial charge is 0.497 e. The number of hydrogen-bond acceptors (Lipinski definition) is 6. The van der Waals surface area contributed by atoms with Crippen molar-refractivity contribution in [3.05, 3.63) is 42.5 Å². The van der Waals surface area contributed by atoms with E-state index >= 15 is 0 Å². The zero-order chi connectivity index (χ0) is 18.3. The Morgan fingerprint density at radius 3 is 2.92 bits per heavy atom. The molecule has 1 unspecified atom stereocenters. The van der Waals surface area contributed by atoms with Crippen molar-refractivity contribution in [3.8, 4) is 11.5 Å². The van der Waals surface area contributed by atoms with E-state index in [2.05, 4.69) is 15.6 Å². The molecule has 4 rings (SSSR count). The van der Waals surface area contributed by atoms with E-state index in [4.69, 9.17) is 9.47 Å². The summed E-state index contributed by atoms with van der Waals surface area (Å²) >= 11 is 1.29. The Hall–Kier alpha value is -3.13. The molecule has 1 aliphatic heterocycles. The molecule has 0 bridgehead atoms. The van der Waals surface area contributed by atoms with Crippen molar-refractivity contribution in [3.63, 3.8) is 0 Å². The lowest BCUT2D eigenvalue weighted by Gasteiger charge is -2.32. The van der Waals surface area contributed by atoms with Gasteiger partial charge in [0.05, 0.1) is 23.0 Å². The number of nitrogens with one attached hydrogen (secondary N) is 2. The third-order valence-electron chi connectivity index (χ3n) is 4.13. The van der Waals surface area contributed by atoms with Gasteiger partial charge in [-0.05, 0) is 37.3 Å². The van der Waals surface area contributed by atoms with Crippen molar-refractivity contribution in [2.45, 2.75) is 12.5 Å². The summed E-state index contributed by atoms with van der Waals surface area (Å²) in [6.45, 7) is 1.43. The fourth-order valence-electron chi connectivity index (χ4n) is 2.62. The zero-order valence-corrected chi connectivity index (χ0v) is 14.8. The molecule has 2 N–H and O–H groups in total. The highest BCUT2D eigenvalue weighted by Crippen LogP contribution is 2.35. The van der Waals surface area contributed by atoms with Gasteiger partial charge in [0.1, 0.15) is 11.5 Å². The van der Waals surface area contributed by atoms with Crippen LogP contribution in [0.1, 0.15) is 6.92 Å². The second kappa shape index (κ2) is 5.99. The third-order valence-corrected chi connectivity index (χ3v) is 5.07. The molecule has 2 heterocycles. The molecule has 8 heteroatoms. The highest BCUT2D eigenvalue weighted by molar-refractivity contribution is 7.22. The van der Waals surface area contributed by atoms with E-state index in [9.17, 15) is 9.59 Å². The average molecular weight is 369 g/mol. The highest BCUT2D eigenvalue weighted by Gasteiger charge is 2.47. The number of nitrogens with zero attached hydrogens (tertiary/aromatic N) is 1. The standard InChI is InChI=1S/C18H15N3O4S/c1-18(15(22)19-11-5-3-4-6-13(11)25-18)16(23)21-17-20-12-8-7-10(24-2)9-14(12)26-17/h3-9H,1-2H3,(H,19,22)(H,20,21,23). The fraction of sp³-hybridized carbons (Fsp3) is 0.167. The van der Waals surface area contributed by atoms with Gasteiger partial charge in [0.2, 0.25) is 0 Å². The summed E-state index contributed by atoms with van der Waals surface area (Å²) in [5, 5.41) is 5.77. The first-order valence-corrected chi connectivity index (χ1v) is 8.67. The Morgan fingerprint density at radius 1 is 1.31 bits per heavy atom. The van der Waals surface area contributed by atoms with Crippen LogP contribution in [0.4, 0.5) is 10.8 Å². The number of methoxy groups -OCH3 is 1. The van der Waals surface area contributed by atoms with Crippen molar-refractivity contribution in [2.24, 2.45) is 0 Å². The van der Waals surface area contributed by atoms with Crippen LogP contribution in [0.15, 0.2) is 42.5 Å². The number of carbonyl (C=O) groups is 2. The Kier molecular flexibility index (Phi) is 3.77. The fourth-order valence-corrected chi connectivity index (χ4v) is 3.51. The van der Waals surface area contributed by atoms with Gasteiger partial charge < -0.3 is 14.8 Å². The van der Waals surface area contributed by atoms with Crippen molar-refractivity contribution in [1.82, 2.24) is 4.98 Å². The van der Waals surface area contributed by atoms with Gasteiger partial charge >= 0.3 is 0 Å². The van der Waals surface area contributed by atoms with Crippen LogP contribution in [0.25, 0.3) is 10.2 Å². The molecule has 0 radical (unpaired) electrons. The Balaban J connectivity index is 1.60. The number of hydrogen-bond donors (Lipinski definition) is 2. The molecule has 2 aromatic carbocycles. The van der Waals surface area contributed by atoms with E-state index in [0.717, 1.165) is 10.2 Å². The average Bonchev–Trinajstić information content (AvgIpc) is 3.03. The Bertz CT molecular complexity index is 1030. The van der Waals surface area contributed by atoms with E-state index in [1.165, 1.54) is 18.3 Å². The van der Waals surface area contributed by atoms with E-state index < -0.39 is 17.4 Å². The van der Waals surface area contributed by atoms with Crippen molar-refractivity contribution >= 4 is 44.2 Å². The summed E-state index contributed by atoms with van der Waals surface area (Å²) in [7, 11) is 1.59. The van der Waals surface area contributed by atoms with Gasteiger partial charge in [-0.3, -0.25) is 14.9 Å². The molecule has 1 aromatic heterocycles. The van der Waals surface area contributed by atoms with Gasteiger partial charge in [0.25, 0.3) is 17.4 Å². The normalized spacial score (nSPS) is 18.6. The monoisotopic (exact) mass is 369 g/mol. The molecular formula is C18H15N3O4S. The van der Waals surface area contributed by atoms with Crippen molar-refractivity contribution in [1.29, 1.82) is 0 Å². The molecule has 7 nitrogen and oxygen atoms in total. The van der Waals surface area contributed by atoms with Crippen LogP contribution in [-0.2, 0) is 9.59 Å². The molecule has 0 aliphatic carbocycles.